The Labute approximate surface area is 118 Å². The molecule has 4 heteroatoms. The highest BCUT2D eigenvalue weighted by Crippen LogP contribution is 2.36. The van der Waals surface area contributed by atoms with E-state index in [4.69, 9.17) is 4.74 Å². The minimum atomic E-state index is 0.121. The molecule has 0 amide bonds. The van der Waals surface area contributed by atoms with E-state index >= 15 is 0 Å². The molecule has 0 radical (unpaired) electrons. The lowest BCUT2D eigenvalue weighted by molar-refractivity contribution is 0.338. The summed E-state index contributed by atoms with van der Waals surface area (Å²) in [6, 6.07) is 13.7. The Hall–Kier alpha value is -2.36. The smallest absolute Gasteiger partial charge is 0.128 e. The molecule has 0 aliphatic carbocycles. The fourth-order valence-electron chi connectivity index (χ4n) is 2.38. The van der Waals surface area contributed by atoms with Crippen LogP contribution in [0.4, 0.5) is 11.4 Å². The van der Waals surface area contributed by atoms with Crippen LogP contribution in [-0.4, -0.2) is 25.8 Å². The molecular weight excluding hydrogens is 252 g/mol. The first kappa shape index (κ1) is 12.7. The summed E-state index contributed by atoms with van der Waals surface area (Å²) in [7, 11) is 4.05. The minimum absolute atomic E-state index is 0.121. The molecule has 1 unspecified atom stereocenters. The number of nitrogens with zero attached hydrogens (tertiary/aromatic N) is 1. The van der Waals surface area contributed by atoms with Gasteiger partial charge in [-0.1, -0.05) is 0 Å². The van der Waals surface area contributed by atoms with Gasteiger partial charge in [0.2, 0.25) is 0 Å². The maximum Gasteiger partial charge on any atom is 0.128 e. The summed E-state index contributed by atoms with van der Waals surface area (Å²) in [6.45, 7) is 0.578. The molecule has 1 aliphatic heterocycles. The monoisotopic (exact) mass is 270 g/mol. The lowest BCUT2D eigenvalue weighted by Crippen LogP contribution is -2.12. The molecule has 0 bridgehead atoms. The first-order valence-corrected chi connectivity index (χ1v) is 6.63. The van der Waals surface area contributed by atoms with Gasteiger partial charge in [-0.3, -0.25) is 0 Å². The van der Waals surface area contributed by atoms with Crippen LogP contribution in [0.2, 0.25) is 0 Å². The van der Waals surface area contributed by atoms with E-state index in [0.29, 0.717) is 6.61 Å². The number of rotatable bonds is 3. The topological polar surface area (TPSA) is 44.7 Å². The number of phenolic OH excluding ortho intramolecular Hbond substituents is 1. The number of phenols is 1. The zero-order chi connectivity index (χ0) is 14.1. The summed E-state index contributed by atoms with van der Waals surface area (Å²) in [6.07, 6.45) is 0. The highest BCUT2D eigenvalue weighted by Gasteiger charge is 2.24. The quantitative estimate of drug-likeness (QED) is 0.900. The van der Waals surface area contributed by atoms with Crippen LogP contribution in [0.5, 0.6) is 11.5 Å². The number of hydrogen-bond donors (Lipinski definition) is 2. The molecule has 0 saturated heterocycles. The number of anilines is 2. The average Bonchev–Trinajstić information content (AvgIpc) is 2.81. The fraction of sp³-hybridized carbons (Fsp3) is 0.250. The Morgan fingerprint density at radius 1 is 1.15 bits per heavy atom. The zero-order valence-electron chi connectivity index (χ0n) is 11.6. The van der Waals surface area contributed by atoms with Crippen molar-refractivity contribution in [1.82, 2.24) is 0 Å². The molecule has 1 atom stereocenters. The van der Waals surface area contributed by atoms with Crippen LogP contribution in [0.3, 0.4) is 0 Å². The van der Waals surface area contributed by atoms with Gasteiger partial charge in [0.15, 0.2) is 0 Å². The molecule has 1 aliphatic rings. The van der Waals surface area contributed by atoms with E-state index in [1.165, 1.54) is 5.69 Å². The van der Waals surface area contributed by atoms with Gasteiger partial charge >= 0.3 is 0 Å². The first-order chi connectivity index (χ1) is 9.63. The first-order valence-electron chi connectivity index (χ1n) is 6.63. The van der Waals surface area contributed by atoms with Gasteiger partial charge in [-0.05, 0) is 36.4 Å². The summed E-state index contributed by atoms with van der Waals surface area (Å²) in [4.78, 5) is 2.07. The second-order valence-electron chi connectivity index (χ2n) is 5.17. The molecule has 3 rings (SSSR count). The number of benzene rings is 2. The Morgan fingerprint density at radius 3 is 2.60 bits per heavy atom. The molecular formula is C16H18N2O2. The summed E-state index contributed by atoms with van der Waals surface area (Å²) in [5, 5.41) is 12.9. The number of aromatic hydroxyl groups is 1. The SMILES string of the molecule is CN(C)c1ccc(NC2COc3cc(O)ccc32)cc1. The van der Waals surface area contributed by atoms with Crippen LogP contribution in [0.25, 0.3) is 0 Å². The largest absolute Gasteiger partial charge is 0.508 e. The standard InChI is InChI=1S/C16H18N2O2/c1-18(2)12-5-3-11(4-6-12)17-15-10-20-16-9-13(19)7-8-14(15)16/h3-9,15,17,19H,10H2,1-2H3. The minimum Gasteiger partial charge on any atom is -0.508 e. The Morgan fingerprint density at radius 2 is 1.90 bits per heavy atom. The van der Waals surface area contributed by atoms with Crippen molar-refractivity contribution in [2.75, 3.05) is 30.9 Å². The predicted octanol–water partition coefficient (Wildman–Crippen LogP) is 3.00. The number of ether oxygens (including phenoxy) is 1. The molecule has 4 nitrogen and oxygen atoms in total. The van der Waals surface area contributed by atoms with Gasteiger partial charge < -0.3 is 20.1 Å². The second kappa shape index (κ2) is 4.96. The molecule has 2 aromatic carbocycles. The van der Waals surface area contributed by atoms with Gasteiger partial charge in [0.1, 0.15) is 18.1 Å². The second-order valence-corrected chi connectivity index (χ2v) is 5.17. The normalized spacial score (nSPS) is 16.4. The van der Waals surface area contributed by atoms with Crippen LogP contribution in [-0.2, 0) is 0 Å². The molecule has 0 fully saturated rings. The van der Waals surface area contributed by atoms with E-state index in [-0.39, 0.29) is 11.8 Å². The molecule has 0 aromatic heterocycles. The van der Waals surface area contributed by atoms with E-state index in [0.717, 1.165) is 17.0 Å². The summed E-state index contributed by atoms with van der Waals surface area (Å²) in [5.41, 5.74) is 3.31. The van der Waals surface area contributed by atoms with E-state index < -0.39 is 0 Å². The van der Waals surface area contributed by atoms with Crippen LogP contribution in [0.1, 0.15) is 11.6 Å². The highest BCUT2D eigenvalue weighted by atomic mass is 16.5. The zero-order valence-corrected chi connectivity index (χ0v) is 11.6. The van der Waals surface area contributed by atoms with E-state index in [2.05, 4.69) is 34.5 Å². The van der Waals surface area contributed by atoms with Crippen LogP contribution >= 0.6 is 0 Å². The van der Waals surface area contributed by atoms with E-state index in [9.17, 15) is 5.11 Å². The third kappa shape index (κ3) is 2.37. The molecule has 104 valence electrons. The Bertz CT molecular complexity index is 608. The van der Waals surface area contributed by atoms with Crippen molar-refractivity contribution >= 4 is 11.4 Å². The van der Waals surface area contributed by atoms with Crippen molar-refractivity contribution in [3.05, 3.63) is 48.0 Å². The van der Waals surface area contributed by atoms with Crippen molar-refractivity contribution in [3.8, 4) is 11.5 Å². The van der Waals surface area contributed by atoms with E-state index in [1.807, 2.05) is 20.2 Å². The maximum absolute atomic E-state index is 9.45. The Balaban J connectivity index is 1.77. The van der Waals surface area contributed by atoms with Crippen molar-refractivity contribution < 1.29 is 9.84 Å². The van der Waals surface area contributed by atoms with Gasteiger partial charge in [-0.25, -0.2) is 0 Å². The van der Waals surface area contributed by atoms with Crippen LogP contribution < -0.4 is 15.0 Å². The molecule has 0 saturated carbocycles. The van der Waals surface area contributed by atoms with Gasteiger partial charge in [-0.15, -0.1) is 0 Å². The fourth-order valence-corrected chi connectivity index (χ4v) is 2.38. The van der Waals surface area contributed by atoms with Crippen molar-refractivity contribution in [3.63, 3.8) is 0 Å². The predicted molar refractivity (Wildman–Crippen MR) is 80.7 cm³/mol. The third-order valence-electron chi connectivity index (χ3n) is 3.50. The average molecular weight is 270 g/mol. The van der Waals surface area contributed by atoms with Gasteiger partial charge in [0.25, 0.3) is 0 Å². The molecule has 20 heavy (non-hydrogen) atoms. The van der Waals surface area contributed by atoms with Crippen LogP contribution in [0, 0.1) is 0 Å². The van der Waals surface area contributed by atoms with Crippen molar-refractivity contribution in [2.45, 2.75) is 6.04 Å². The number of nitrogens with one attached hydrogen (secondary N) is 1. The van der Waals surface area contributed by atoms with Crippen molar-refractivity contribution in [1.29, 1.82) is 0 Å². The number of fused-ring (bicyclic) bond motifs is 1. The highest BCUT2D eigenvalue weighted by molar-refractivity contribution is 5.56. The van der Waals surface area contributed by atoms with Crippen molar-refractivity contribution in [2.24, 2.45) is 0 Å². The maximum atomic E-state index is 9.45. The lowest BCUT2D eigenvalue weighted by atomic mass is 10.1. The van der Waals surface area contributed by atoms with E-state index in [1.54, 1.807) is 12.1 Å². The number of hydrogen-bond acceptors (Lipinski definition) is 4. The molecule has 0 spiro atoms. The third-order valence-corrected chi connectivity index (χ3v) is 3.50. The molecule has 1 heterocycles. The molecule has 2 N–H and O–H groups in total. The Kier molecular flexibility index (Phi) is 3.14. The summed E-state index contributed by atoms with van der Waals surface area (Å²) in [5.74, 6) is 0.993. The van der Waals surface area contributed by atoms with Gasteiger partial charge in [0.05, 0.1) is 6.04 Å². The van der Waals surface area contributed by atoms with Gasteiger partial charge in [0, 0.05) is 37.1 Å². The summed E-state index contributed by atoms with van der Waals surface area (Å²) >= 11 is 0. The summed E-state index contributed by atoms with van der Waals surface area (Å²) < 4.78 is 5.60. The van der Waals surface area contributed by atoms with Gasteiger partial charge in [-0.2, -0.15) is 0 Å². The molecule has 2 aromatic rings. The lowest BCUT2D eigenvalue weighted by Gasteiger charge is -2.16. The van der Waals surface area contributed by atoms with Crippen LogP contribution in [0.15, 0.2) is 42.5 Å².